The van der Waals surface area contributed by atoms with E-state index in [-0.39, 0.29) is 11.8 Å². The van der Waals surface area contributed by atoms with Crippen molar-refractivity contribution < 1.29 is 4.79 Å². The lowest BCUT2D eigenvalue weighted by atomic mass is 9.89. The Kier molecular flexibility index (Phi) is 4.28. The van der Waals surface area contributed by atoms with E-state index in [1.807, 2.05) is 42.7 Å². The van der Waals surface area contributed by atoms with Crippen LogP contribution >= 0.6 is 0 Å². The third-order valence-corrected chi connectivity index (χ3v) is 5.66. The molecule has 140 valence electrons. The minimum Gasteiger partial charge on any atom is -0.299 e. The lowest BCUT2D eigenvalue weighted by Gasteiger charge is -2.19. The maximum Gasteiger partial charge on any atom is 0.249 e. The van der Waals surface area contributed by atoms with E-state index >= 15 is 0 Å². The number of hydrogen-bond acceptors (Lipinski definition) is 3. The minimum absolute atomic E-state index is 0.124. The molecular weight excluding hydrogens is 348 g/mol. The fourth-order valence-corrected chi connectivity index (χ4v) is 4.09. The topological polar surface area (TPSA) is 52.7 Å². The first-order valence-corrected chi connectivity index (χ1v) is 9.92. The molecule has 0 aliphatic heterocycles. The largest absolute Gasteiger partial charge is 0.299 e. The summed E-state index contributed by atoms with van der Waals surface area (Å²) in [5.41, 5.74) is 4.94. The summed E-state index contributed by atoms with van der Waals surface area (Å²) in [6, 6.07) is 18.2. The number of rotatable bonds is 3. The zero-order valence-corrected chi connectivity index (χ0v) is 15.7. The fourth-order valence-electron chi connectivity index (χ4n) is 4.09. The van der Waals surface area contributed by atoms with Gasteiger partial charge in [-0.1, -0.05) is 43.5 Å². The third kappa shape index (κ3) is 3.03. The molecule has 2 heterocycles. The molecule has 5 heteroatoms. The van der Waals surface area contributed by atoms with Gasteiger partial charge >= 0.3 is 0 Å². The molecule has 0 spiro atoms. The monoisotopic (exact) mass is 370 g/mol. The Bertz CT molecular complexity index is 1120. The Morgan fingerprint density at radius 2 is 1.71 bits per heavy atom. The number of aromatic nitrogens is 4. The summed E-state index contributed by atoms with van der Waals surface area (Å²) in [6.07, 6.45) is 9.15. The van der Waals surface area contributed by atoms with E-state index < -0.39 is 0 Å². The second-order valence-electron chi connectivity index (χ2n) is 7.47. The number of carbonyl (C=O) groups excluding carboxylic acids is 1. The molecule has 0 radical (unpaired) electrons. The summed E-state index contributed by atoms with van der Waals surface area (Å²) < 4.78 is 3.60. The summed E-state index contributed by atoms with van der Waals surface area (Å²) in [4.78, 5) is 17.1. The molecule has 0 N–H and O–H groups in total. The van der Waals surface area contributed by atoms with Crippen LogP contribution in [0.4, 0.5) is 0 Å². The van der Waals surface area contributed by atoms with Crippen LogP contribution in [0.5, 0.6) is 0 Å². The van der Waals surface area contributed by atoms with E-state index in [4.69, 9.17) is 0 Å². The summed E-state index contributed by atoms with van der Waals surface area (Å²) in [7, 11) is 0. The predicted octanol–water partition coefficient (Wildman–Crippen LogP) is 5.11. The SMILES string of the molecule is O=C(C1CCCCC1)n1ccc(-c2ccc(-n3cnc4ccccc43)cc2)n1. The van der Waals surface area contributed by atoms with Crippen molar-refractivity contribution in [1.82, 2.24) is 19.3 Å². The predicted molar refractivity (Wildman–Crippen MR) is 109 cm³/mol. The molecule has 0 atom stereocenters. The van der Waals surface area contributed by atoms with Gasteiger partial charge in [-0.25, -0.2) is 9.67 Å². The highest BCUT2D eigenvalue weighted by Gasteiger charge is 2.23. The highest BCUT2D eigenvalue weighted by atomic mass is 16.2. The van der Waals surface area contributed by atoms with Crippen LogP contribution in [-0.2, 0) is 0 Å². The maximum absolute atomic E-state index is 12.7. The molecule has 2 aromatic heterocycles. The number of nitrogens with zero attached hydrogens (tertiary/aromatic N) is 4. The van der Waals surface area contributed by atoms with Gasteiger partial charge < -0.3 is 0 Å². The van der Waals surface area contributed by atoms with E-state index in [1.54, 1.807) is 6.20 Å². The number of fused-ring (bicyclic) bond motifs is 1. The molecule has 4 aromatic rings. The smallest absolute Gasteiger partial charge is 0.249 e. The van der Waals surface area contributed by atoms with Gasteiger partial charge in [-0.05, 0) is 43.2 Å². The molecule has 1 fully saturated rings. The number of imidazole rings is 1. The number of para-hydroxylation sites is 2. The lowest BCUT2D eigenvalue weighted by Crippen LogP contribution is -2.24. The summed E-state index contributed by atoms with van der Waals surface area (Å²) in [5, 5.41) is 4.55. The van der Waals surface area contributed by atoms with Gasteiger partial charge in [0.2, 0.25) is 5.91 Å². The van der Waals surface area contributed by atoms with Crippen LogP contribution in [0.15, 0.2) is 67.1 Å². The first kappa shape index (κ1) is 16.9. The molecule has 1 aliphatic rings. The van der Waals surface area contributed by atoms with E-state index in [1.165, 1.54) is 11.1 Å². The van der Waals surface area contributed by atoms with Gasteiger partial charge in [0.05, 0.1) is 16.7 Å². The number of benzene rings is 2. The zero-order chi connectivity index (χ0) is 18.9. The van der Waals surface area contributed by atoms with Gasteiger partial charge in [0, 0.05) is 23.4 Å². The lowest BCUT2D eigenvalue weighted by molar-refractivity contribution is 0.0784. The van der Waals surface area contributed by atoms with Crippen LogP contribution in [0.25, 0.3) is 28.0 Å². The van der Waals surface area contributed by atoms with Crippen LogP contribution in [0.3, 0.4) is 0 Å². The average Bonchev–Trinajstić information content (AvgIpc) is 3.42. The van der Waals surface area contributed by atoms with Crippen molar-refractivity contribution in [1.29, 1.82) is 0 Å². The first-order chi connectivity index (χ1) is 13.8. The van der Waals surface area contributed by atoms with E-state index in [0.29, 0.717) is 0 Å². The van der Waals surface area contributed by atoms with Crippen LogP contribution in [-0.4, -0.2) is 25.2 Å². The fraction of sp³-hybridized carbons (Fsp3) is 0.261. The van der Waals surface area contributed by atoms with Crippen LogP contribution in [0.2, 0.25) is 0 Å². The van der Waals surface area contributed by atoms with Gasteiger partial charge in [0.15, 0.2) is 0 Å². The second-order valence-corrected chi connectivity index (χ2v) is 7.47. The highest BCUT2D eigenvalue weighted by Crippen LogP contribution is 2.26. The molecule has 2 aromatic carbocycles. The first-order valence-electron chi connectivity index (χ1n) is 9.92. The average molecular weight is 370 g/mol. The highest BCUT2D eigenvalue weighted by molar-refractivity contribution is 5.81. The van der Waals surface area contributed by atoms with Crippen molar-refractivity contribution in [3.05, 3.63) is 67.1 Å². The van der Waals surface area contributed by atoms with Gasteiger partial charge in [0.1, 0.15) is 6.33 Å². The standard InChI is InChI=1S/C23H22N4O/c28-23(18-6-2-1-3-7-18)27-15-14-20(25-27)17-10-12-19(13-11-17)26-16-24-21-8-4-5-9-22(21)26/h4-5,8-16,18H,1-3,6-7H2. The molecule has 0 amide bonds. The molecule has 5 rings (SSSR count). The third-order valence-electron chi connectivity index (χ3n) is 5.66. The summed E-state index contributed by atoms with van der Waals surface area (Å²) >= 11 is 0. The number of carbonyl (C=O) groups is 1. The van der Waals surface area contributed by atoms with E-state index in [9.17, 15) is 4.79 Å². The number of hydrogen-bond donors (Lipinski definition) is 0. The Labute approximate surface area is 163 Å². The van der Waals surface area contributed by atoms with Gasteiger partial charge in [-0.2, -0.15) is 5.10 Å². The molecule has 1 saturated carbocycles. The van der Waals surface area contributed by atoms with Gasteiger partial charge in [-0.15, -0.1) is 0 Å². The van der Waals surface area contributed by atoms with Crippen molar-refractivity contribution in [2.45, 2.75) is 32.1 Å². The summed E-state index contributed by atoms with van der Waals surface area (Å²) in [6.45, 7) is 0. The van der Waals surface area contributed by atoms with E-state index in [2.05, 4.69) is 32.8 Å². The molecule has 1 aliphatic carbocycles. The van der Waals surface area contributed by atoms with E-state index in [0.717, 1.165) is 53.7 Å². The molecule has 0 saturated heterocycles. The van der Waals surface area contributed by atoms with Crippen molar-refractivity contribution in [3.8, 4) is 16.9 Å². The van der Waals surface area contributed by atoms with Gasteiger partial charge in [0.25, 0.3) is 0 Å². The quantitative estimate of drug-likeness (QED) is 0.503. The molecule has 28 heavy (non-hydrogen) atoms. The Hall–Kier alpha value is -3.21. The Balaban J connectivity index is 1.39. The Morgan fingerprint density at radius 1 is 0.929 bits per heavy atom. The maximum atomic E-state index is 12.7. The second kappa shape index (κ2) is 7.08. The zero-order valence-electron chi connectivity index (χ0n) is 15.7. The van der Waals surface area contributed by atoms with Crippen molar-refractivity contribution >= 4 is 16.9 Å². The minimum atomic E-state index is 0.124. The molecule has 0 bridgehead atoms. The summed E-state index contributed by atoms with van der Waals surface area (Å²) in [5.74, 6) is 0.255. The Morgan fingerprint density at radius 3 is 2.54 bits per heavy atom. The van der Waals surface area contributed by atoms with Crippen molar-refractivity contribution in [3.63, 3.8) is 0 Å². The van der Waals surface area contributed by atoms with Crippen molar-refractivity contribution in [2.24, 2.45) is 5.92 Å². The normalized spacial score (nSPS) is 15.1. The van der Waals surface area contributed by atoms with Crippen molar-refractivity contribution in [2.75, 3.05) is 0 Å². The van der Waals surface area contributed by atoms with Crippen LogP contribution in [0, 0.1) is 5.92 Å². The molecule has 5 nitrogen and oxygen atoms in total. The van der Waals surface area contributed by atoms with Gasteiger partial charge in [-0.3, -0.25) is 9.36 Å². The molecular formula is C23H22N4O. The van der Waals surface area contributed by atoms with Crippen LogP contribution < -0.4 is 0 Å². The molecule has 0 unspecified atom stereocenters. The van der Waals surface area contributed by atoms with Crippen LogP contribution in [0.1, 0.15) is 36.9 Å².